The summed E-state index contributed by atoms with van der Waals surface area (Å²) in [5, 5.41) is 3.33. The Labute approximate surface area is 173 Å². The van der Waals surface area contributed by atoms with Crippen LogP contribution in [0.5, 0.6) is 0 Å². The number of fused-ring (bicyclic) bond motifs is 1. The summed E-state index contributed by atoms with van der Waals surface area (Å²) in [6.45, 7) is 3.81. The van der Waals surface area contributed by atoms with Crippen LogP contribution >= 0.6 is 0 Å². The lowest BCUT2D eigenvalue weighted by Gasteiger charge is -2.59. The SMILES string of the molecule is COCCN1Cc2cccc(C(=O)NC(C)C34CC5CC(CC(C5)C3)C4)c2C1=O. The Morgan fingerprint density at radius 3 is 2.48 bits per heavy atom. The maximum atomic E-state index is 13.3. The number of hydrogen-bond donors (Lipinski definition) is 1. The van der Waals surface area contributed by atoms with E-state index in [-0.39, 0.29) is 23.3 Å². The lowest BCUT2D eigenvalue weighted by Crippen LogP contribution is -2.55. The van der Waals surface area contributed by atoms with Gasteiger partial charge in [0, 0.05) is 26.2 Å². The average molecular weight is 397 g/mol. The van der Waals surface area contributed by atoms with Gasteiger partial charge in [-0.25, -0.2) is 0 Å². The molecule has 156 valence electrons. The number of nitrogens with zero attached hydrogens (tertiary/aromatic N) is 1. The van der Waals surface area contributed by atoms with Crippen LogP contribution in [0.25, 0.3) is 0 Å². The van der Waals surface area contributed by atoms with Gasteiger partial charge in [0.15, 0.2) is 0 Å². The van der Waals surface area contributed by atoms with Gasteiger partial charge in [-0.2, -0.15) is 0 Å². The first-order chi connectivity index (χ1) is 14.0. The molecule has 6 rings (SSSR count). The van der Waals surface area contributed by atoms with Gasteiger partial charge in [-0.3, -0.25) is 9.59 Å². The molecule has 1 N–H and O–H groups in total. The highest BCUT2D eigenvalue weighted by atomic mass is 16.5. The molecule has 0 spiro atoms. The van der Waals surface area contributed by atoms with Crippen LogP contribution < -0.4 is 5.32 Å². The molecule has 1 aromatic rings. The molecule has 0 radical (unpaired) electrons. The second kappa shape index (κ2) is 7.12. The van der Waals surface area contributed by atoms with Gasteiger partial charge in [-0.1, -0.05) is 12.1 Å². The lowest BCUT2D eigenvalue weighted by atomic mass is 9.48. The third kappa shape index (κ3) is 3.18. The highest BCUT2D eigenvalue weighted by Crippen LogP contribution is 2.61. The van der Waals surface area contributed by atoms with Crippen molar-refractivity contribution < 1.29 is 14.3 Å². The van der Waals surface area contributed by atoms with Crippen LogP contribution in [0.4, 0.5) is 0 Å². The molecule has 0 saturated heterocycles. The molecular formula is C24H32N2O3. The number of carbonyl (C=O) groups is 2. The molecule has 4 bridgehead atoms. The van der Waals surface area contributed by atoms with E-state index in [4.69, 9.17) is 4.74 Å². The van der Waals surface area contributed by atoms with Crippen molar-refractivity contribution in [1.82, 2.24) is 10.2 Å². The number of carbonyl (C=O) groups excluding carboxylic acids is 2. The van der Waals surface area contributed by atoms with E-state index in [1.807, 2.05) is 12.1 Å². The van der Waals surface area contributed by atoms with E-state index < -0.39 is 0 Å². The number of nitrogens with one attached hydrogen (secondary N) is 1. The molecule has 5 aliphatic rings. The average Bonchev–Trinajstić information content (AvgIpc) is 3.01. The van der Waals surface area contributed by atoms with E-state index in [0.717, 1.165) is 23.3 Å². The van der Waals surface area contributed by atoms with Crippen LogP contribution in [0, 0.1) is 23.2 Å². The van der Waals surface area contributed by atoms with Crippen molar-refractivity contribution in [2.75, 3.05) is 20.3 Å². The van der Waals surface area contributed by atoms with Crippen LogP contribution in [0.15, 0.2) is 18.2 Å². The summed E-state index contributed by atoms with van der Waals surface area (Å²) in [6.07, 6.45) is 7.99. The monoisotopic (exact) mass is 396 g/mol. The largest absolute Gasteiger partial charge is 0.383 e. The van der Waals surface area contributed by atoms with Gasteiger partial charge in [0.25, 0.3) is 11.8 Å². The molecule has 1 aliphatic heterocycles. The first kappa shape index (κ1) is 19.1. The molecule has 1 atom stereocenters. The number of amides is 2. The fourth-order valence-corrected chi connectivity index (χ4v) is 7.13. The number of rotatable bonds is 6. The quantitative estimate of drug-likeness (QED) is 0.799. The molecular weight excluding hydrogens is 364 g/mol. The molecule has 4 saturated carbocycles. The Kier molecular flexibility index (Phi) is 4.69. The third-order valence-corrected chi connectivity index (χ3v) is 8.17. The highest BCUT2D eigenvalue weighted by Gasteiger charge is 2.53. The lowest BCUT2D eigenvalue weighted by molar-refractivity contribution is -0.0688. The molecule has 1 aromatic carbocycles. The smallest absolute Gasteiger partial charge is 0.255 e. The van der Waals surface area contributed by atoms with Crippen molar-refractivity contribution in [3.8, 4) is 0 Å². The summed E-state index contributed by atoms with van der Waals surface area (Å²) >= 11 is 0. The second-order valence-corrected chi connectivity index (χ2v) is 10.0. The maximum absolute atomic E-state index is 13.3. The minimum atomic E-state index is -0.0907. The number of methoxy groups -OCH3 is 1. The van der Waals surface area contributed by atoms with Gasteiger partial charge in [-0.05, 0) is 80.2 Å². The van der Waals surface area contributed by atoms with Gasteiger partial charge < -0.3 is 15.0 Å². The van der Waals surface area contributed by atoms with Crippen molar-refractivity contribution in [3.05, 3.63) is 34.9 Å². The summed E-state index contributed by atoms with van der Waals surface area (Å²) in [4.78, 5) is 28.0. The molecule has 4 fully saturated rings. The van der Waals surface area contributed by atoms with Gasteiger partial charge in [-0.15, -0.1) is 0 Å². The normalized spacial score (nSPS) is 33.1. The van der Waals surface area contributed by atoms with Crippen LogP contribution in [-0.2, 0) is 11.3 Å². The molecule has 1 unspecified atom stereocenters. The highest BCUT2D eigenvalue weighted by molar-refractivity contribution is 6.09. The predicted octanol–water partition coefficient (Wildman–Crippen LogP) is 3.62. The summed E-state index contributed by atoms with van der Waals surface area (Å²) in [5.74, 6) is 2.43. The van der Waals surface area contributed by atoms with E-state index in [0.29, 0.717) is 30.8 Å². The Morgan fingerprint density at radius 1 is 1.21 bits per heavy atom. The van der Waals surface area contributed by atoms with E-state index in [2.05, 4.69) is 12.2 Å². The molecule has 29 heavy (non-hydrogen) atoms. The zero-order valence-corrected chi connectivity index (χ0v) is 17.6. The van der Waals surface area contributed by atoms with E-state index >= 15 is 0 Å². The Balaban J connectivity index is 1.34. The fourth-order valence-electron chi connectivity index (χ4n) is 7.13. The van der Waals surface area contributed by atoms with Gasteiger partial charge in [0.1, 0.15) is 0 Å². The van der Waals surface area contributed by atoms with Crippen molar-refractivity contribution >= 4 is 11.8 Å². The van der Waals surface area contributed by atoms with Crippen molar-refractivity contribution in [1.29, 1.82) is 0 Å². The molecule has 0 aromatic heterocycles. The summed E-state index contributed by atoms with van der Waals surface area (Å²) < 4.78 is 5.13. The standard InChI is InChI=1S/C24H32N2O3/c1-15(24-11-16-8-17(12-24)10-18(9-16)13-24)25-22(27)20-5-3-4-19-14-26(6-7-29-2)23(28)21(19)20/h3-5,15-18H,6-14H2,1-2H3,(H,25,27). The summed E-state index contributed by atoms with van der Waals surface area (Å²) in [6, 6.07) is 5.81. The van der Waals surface area contributed by atoms with Crippen molar-refractivity contribution in [3.63, 3.8) is 0 Å². The van der Waals surface area contributed by atoms with Crippen LogP contribution in [0.3, 0.4) is 0 Å². The van der Waals surface area contributed by atoms with Crippen molar-refractivity contribution in [2.45, 2.75) is 58.0 Å². The van der Waals surface area contributed by atoms with Crippen LogP contribution in [-0.4, -0.2) is 43.0 Å². The fraction of sp³-hybridized carbons (Fsp3) is 0.667. The topological polar surface area (TPSA) is 58.6 Å². The second-order valence-electron chi connectivity index (χ2n) is 10.0. The molecule has 1 heterocycles. The number of benzene rings is 1. The van der Waals surface area contributed by atoms with Gasteiger partial charge >= 0.3 is 0 Å². The summed E-state index contributed by atoms with van der Waals surface area (Å²) in [7, 11) is 1.64. The minimum Gasteiger partial charge on any atom is -0.383 e. The van der Waals surface area contributed by atoms with Crippen LogP contribution in [0.1, 0.15) is 71.7 Å². The third-order valence-electron chi connectivity index (χ3n) is 8.17. The van der Waals surface area contributed by atoms with E-state index in [1.54, 1.807) is 18.1 Å². The van der Waals surface area contributed by atoms with Crippen molar-refractivity contribution in [2.24, 2.45) is 23.2 Å². The zero-order valence-electron chi connectivity index (χ0n) is 17.6. The Hall–Kier alpha value is -1.88. The van der Waals surface area contributed by atoms with Gasteiger partial charge in [0.2, 0.25) is 0 Å². The zero-order chi connectivity index (χ0) is 20.2. The minimum absolute atomic E-state index is 0.0507. The number of hydrogen-bond acceptors (Lipinski definition) is 3. The van der Waals surface area contributed by atoms with Gasteiger partial charge in [0.05, 0.1) is 17.7 Å². The molecule has 2 amide bonds. The Morgan fingerprint density at radius 2 is 1.86 bits per heavy atom. The summed E-state index contributed by atoms with van der Waals surface area (Å²) in [5.41, 5.74) is 2.32. The maximum Gasteiger partial charge on any atom is 0.255 e. The molecule has 5 heteroatoms. The first-order valence-electron chi connectivity index (χ1n) is 11.2. The Bertz CT molecular complexity index is 798. The van der Waals surface area contributed by atoms with E-state index in [1.165, 1.54) is 38.5 Å². The predicted molar refractivity (Wildman–Crippen MR) is 111 cm³/mol. The molecule has 5 nitrogen and oxygen atoms in total. The number of ether oxygens (including phenoxy) is 1. The van der Waals surface area contributed by atoms with E-state index in [9.17, 15) is 9.59 Å². The molecule has 4 aliphatic carbocycles. The first-order valence-corrected chi connectivity index (χ1v) is 11.2. The van der Waals surface area contributed by atoms with Crippen LogP contribution in [0.2, 0.25) is 0 Å².